The minimum absolute atomic E-state index is 0.120. The van der Waals surface area contributed by atoms with E-state index in [1.54, 1.807) is 12.7 Å². The minimum atomic E-state index is -0.358. The molecule has 1 spiro atoms. The van der Waals surface area contributed by atoms with E-state index in [1.807, 2.05) is 0 Å². The Morgan fingerprint density at radius 3 is 2.78 bits per heavy atom. The Morgan fingerprint density at radius 2 is 2.04 bits per heavy atom. The molecule has 4 heteroatoms. The van der Waals surface area contributed by atoms with Gasteiger partial charge in [0.15, 0.2) is 5.79 Å². The maximum Gasteiger partial charge on any atom is 0.174 e. The Bertz CT molecular complexity index is 714. The summed E-state index contributed by atoms with van der Waals surface area (Å²) in [6.45, 7) is 4.71. The Morgan fingerprint density at radius 1 is 1.22 bits per heavy atom. The Hall–Kier alpha value is -1.10. The van der Waals surface area contributed by atoms with Gasteiger partial charge >= 0.3 is 0 Å². The number of ether oxygens (including phenoxy) is 3. The predicted molar refractivity (Wildman–Crippen MR) is 105 cm³/mol. The molecule has 3 fully saturated rings. The van der Waals surface area contributed by atoms with E-state index in [0.717, 1.165) is 44.8 Å². The predicted octanol–water partition coefficient (Wildman–Crippen LogP) is 3.87. The van der Waals surface area contributed by atoms with E-state index in [4.69, 9.17) is 19.9 Å². The van der Waals surface area contributed by atoms with Crippen LogP contribution in [0.3, 0.4) is 0 Å². The summed E-state index contributed by atoms with van der Waals surface area (Å²) in [5, 5.41) is 0. The van der Waals surface area contributed by atoms with Crippen LogP contribution >= 0.6 is 0 Å². The summed E-state index contributed by atoms with van der Waals surface area (Å²) in [7, 11) is 1.76. The molecule has 5 atom stereocenters. The van der Waals surface area contributed by atoms with Crippen molar-refractivity contribution in [2.45, 2.75) is 57.2 Å². The molecule has 0 aromatic heterocycles. The Kier molecular flexibility index (Phi) is 4.30. The Labute approximate surface area is 162 Å². The molecule has 1 heterocycles. The van der Waals surface area contributed by atoms with Gasteiger partial charge in [-0.25, -0.2) is 0 Å². The summed E-state index contributed by atoms with van der Waals surface area (Å²) in [4.78, 5) is 0. The van der Waals surface area contributed by atoms with Crippen molar-refractivity contribution >= 4 is 0 Å². The van der Waals surface area contributed by atoms with Crippen molar-refractivity contribution in [3.8, 4) is 5.75 Å². The van der Waals surface area contributed by atoms with Crippen molar-refractivity contribution in [3.63, 3.8) is 0 Å². The van der Waals surface area contributed by atoms with Crippen LogP contribution in [0.5, 0.6) is 5.75 Å². The van der Waals surface area contributed by atoms with E-state index in [9.17, 15) is 0 Å². The number of fused-ring (bicyclic) bond motifs is 6. The third kappa shape index (κ3) is 2.46. The highest BCUT2D eigenvalue weighted by Crippen LogP contribution is 2.68. The largest absolute Gasteiger partial charge is 0.497 e. The molecule has 1 saturated heterocycles. The zero-order valence-electron chi connectivity index (χ0n) is 16.7. The van der Waals surface area contributed by atoms with Crippen LogP contribution < -0.4 is 10.5 Å². The van der Waals surface area contributed by atoms with E-state index in [-0.39, 0.29) is 11.2 Å². The zero-order chi connectivity index (χ0) is 18.6. The number of hydrogen-bond acceptors (Lipinski definition) is 4. The fourth-order valence-electron chi connectivity index (χ4n) is 7.35. The van der Waals surface area contributed by atoms with Crippen LogP contribution in [0.4, 0.5) is 0 Å². The van der Waals surface area contributed by atoms with Crippen molar-refractivity contribution in [1.82, 2.24) is 0 Å². The van der Waals surface area contributed by atoms with Gasteiger partial charge in [-0.1, -0.05) is 13.0 Å². The van der Waals surface area contributed by atoms with Gasteiger partial charge in [-0.05, 0) is 85.6 Å². The second-order valence-corrected chi connectivity index (χ2v) is 9.35. The number of hydrogen-bond donors (Lipinski definition) is 1. The standard InChI is InChI=1S/C23H33NO3/c1-22-9-7-19-18-6-4-17(25-2)13-15(18)3-5-20(19)21(22)16(8-10-24)14-23(22)26-11-12-27-23/h4,6,13,16,19-21H,3,5,7-12,14,24H2,1-2H3/t16-,19+,20+,21-,22-/m0/s1. The highest BCUT2D eigenvalue weighted by Gasteiger charge is 2.68. The average Bonchev–Trinajstić information content (AvgIpc) is 3.25. The molecule has 1 aromatic carbocycles. The molecule has 148 valence electrons. The van der Waals surface area contributed by atoms with Crippen molar-refractivity contribution < 1.29 is 14.2 Å². The van der Waals surface area contributed by atoms with Crippen molar-refractivity contribution in [3.05, 3.63) is 29.3 Å². The summed E-state index contributed by atoms with van der Waals surface area (Å²) in [5.74, 6) is 3.27. The first-order valence-corrected chi connectivity index (χ1v) is 10.8. The second kappa shape index (κ2) is 6.47. The summed E-state index contributed by atoms with van der Waals surface area (Å²) in [5.41, 5.74) is 9.22. The fourth-order valence-corrected chi connectivity index (χ4v) is 7.35. The molecule has 3 aliphatic carbocycles. The van der Waals surface area contributed by atoms with Crippen molar-refractivity contribution in [2.75, 3.05) is 26.9 Å². The lowest BCUT2D eigenvalue weighted by atomic mass is 9.53. The molecule has 2 saturated carbocycles. The molecule has 4 aliphatic rings. The number of rotatable bonds is 3. The van der Waals surface area contributed by atoms with Crippen LogP contribution in [-0.2, 0) is 15.9 Å². The van der Waals surface area contributed by atoms with Gasteiger partial charge < -0.3 is 19.9 Å². The topological polar surface area (TPSA) is 53.7 Å². The zero-order valence-corrected chi connectivity index (χ0v) is 16.7. The maximum absolute atomic E-state index is 6.35. The van der Waals surface area contributed by atoms with Gasteiger partial charge in [0, 0.05) is 11.8 Å². The van der Waals surface area contributed by atoms with Gasteiger partial charge in [0.2, 0.25) is 0 Å². The first kappa shape index (κ1) is 18.0. The third-order valence-electron chi connectivity index (χ3n) is 8.39. The van der Waals surface area contributed by atoms with Gasteiger partial charge in [0.25, 0.3) is 0 Å². The summed E-state index contributed by atoms with van der Waals surface area (Å²) >= 11 is 0. The normalized spacial score (nSPS) is 39.1. The van der Waals surface area contributed by atoms with E-state index in [1.165, 1.54) is 24.8 Å². The van der Waals surface area contributed by atoms with Gasteiger partial charge in [-0.3, -0.25) is 0 Å². The Balaban J connectivity index is 1.52. The van der Waals surface area contributed by atoms with Crippen LogP contribution in [0.15, 0.2) is 18.2 Å². The molecule has 0 bridgehead atoms. The van der Waals surface area contributed by atoms with Gasteiger partial charge in [0.1, 0.15) is 5.75 Å². The molecule has 0 radical (unpaired) electrons. The molecule has 2 N–H and O–H groups in total. The first-order valence-electron chi connectivity index (χ1n) is 10.8. The molecule has 1 aliphatic heterocycles. The van der Waals surface area contributed by atoms with Gasteiger partial charge in [0.05, 0.1) is 20.3 Å². The molecule has 0 amide bonds. The average molecular weight is 372 g/mol. The number of benzene rings is 1. The highest BCUT2D eigenvalue weighted by atomic mass is 16.7. The van der Waals surface area contributed by atoms with E-state index in [0.29, 0.717) is 23.7 Å². The summed E-state index contributed by atoms with van der Waals surface area (Å²) in [6, 6.07) is 6.74. The van der Waals surface area contributed by atoms with Gasteiger partial charge in [-0.15, -0.1) is 0 Å². The molecular weight excluding hydrogens is 338 g/mol. The first-order chi connectivity index (χ1) is 13.1. The molecule has 0 unspecified atom stereocenters. The van der Waals surface area contributed by atoms with Crippen LogP contribution in [0.2, 0.25) is 0 Å². The van der Waals surface area contributed by atoms with E-state index >= 15 is 0 Å². The molecular formula is C23H33NO3. The van der Waals surface area contributed by atoms with Gasteiger partial charge in [-0.2, -0.15) is 0 Å². The molecule has 1 aromatic rings. The molecule has 4 nitrogen and oxygen atoms in total. The quantitative estimate of drug-likeness (QED) is 0.876. The van der Waals surface area contributed by atoms with E-state index in [2.05, 4.69) is 25.1 Å². The minimum Gasteiger partial charge on any atom is -0.497 e. The maximum atomic E-state index is 6.35. The van der Waals surface area contributed by atoms with Crippen molar-refractivity contribution in [2.24, 2.45) is 28.9 Å². The molecule has 27 heavy (non-hydrogen) atoms. The monoisotopic (exact) mass is 371 g/mol. The number of nitrogens with two attached hydrogens (primary N) is 1. The second-order valence-electron chi connectivity index (χ2n) is 9.35. The van der Waals surface area contributed by atoms with Crippen LogP contribution in [-0.4, -0.2) is 32.7 Å². The van der Waals surface area contributed by atoms with Crippen LogP contribution in [0.1, 0.15) is 56.1 Å². The van der Waals surface area contributed by atoms with E-state index < -0.39 is 0 Å². The summed E-state index contributed by atoms with van der Waals surface area (Å²) < 4.78 is 18.2. The lowest BCUT2D eigenvalue weighted by Gasteiger charge is -2.53. The molecule has 5 rings (SSSR count). The lowest BCUT2D eigenvalue weighted by molar-refractivity contribution is -0.237. The number of methoxy groups -OCH3 is 1. The highest BCUT2D eigenvalue weighted by molar-refractivity contribution is 5.41. The smallest absolute Gasteiger partial charge is 0.174 e. The lowest BCUT2D eigenvalue weighted by Crippen LogP contribution is -2.51. The van der Waals surface area contributed by atoms with Crippen molar-refractivity contribution in [1.29, 1.82) is 0 Å². The summed E-state index contributed by atoms with van der Waals surface area (Å²) in [6.07, 6.45) is 6.97. The SMILES string of the molecule is COc1ccc2c(c1)CC[C@H]1[C@@H]3[C@@H](CCN)CC4(OCCO4)[C@@]3(C)CC[C@H]21. The fraction of sp³-hybridized carbons (Fsp3) is 0.739. The van der Waals surface area contributed by atoms with Crippen LogP contribution in [0, 0.1) is 23.2 Å². The third-order valence-corrected chi connectivity index (χ3v) is 8.39. The number of aryl methyl sites for hydroxylation is 1. The van der Waals surface area contributed by atoms with Crippen LogP contribution in [0.25, 0.3) is 0 Å².